The summed E-state index contributed by atoms with van der Waals surface area (Å²) in [5, 5.41) is 5.63. The van der Waals surface area contributed by atoms with Crippen LogP contribution in [0, 0.1) is 0 Å². The van der Waals surface area contributed by atoms with Gasteiger partial charge in [-0.25, -0.2) is 4.98 Å². The number of nitrogens with one attached hydrogen (secondary N) is 2. The maximum atomic E-state index is 13.0. The van der Waals surface area contributed by atoms with Crippen LogP contribution in [0.25, 0.3) is 0 Å². The van der Waals surface area contributed by atoms with E-state index in [1.165, 1.54) is 0 Å². The number of imidazole rings is 1. The average Bonchev–Trinajstić information content (AvgIpc) is 3.07. The molecule has 0 saturated carbocycles. The van der Waals surface area contributed by atoms with Gasteiger partial charge in [0.25, 0.3) is 11.8 Å². The van der Waals surface area contributed by atoms with Crippen LogP contribution in [0.1, 0.15) is 53.5 Å². The predicted molar refractivity (Wildman–Crippen MR) is 108 cm³/mol. The number of carbonyl (C=O) groups excluding carboxylic acids is 2. The van der Waals surface area contributed by atoms with E-state index in [0.717, 1.165) is 25.0 Å². The number of fused-ring (bicyclic) bond motifs is 1. The zero-order valence-electron chi connectivity index (χ0n) is 16.3. The van der Waals surface area contributed by atoms with Gasteiger partial charge >= 0.3 is 0 Å². The van der Waals surface area contributed by atoms with Crippen molar-refractivity contribution < 1.29 is 14.3 Å². The normalized spacial score (nSPS) is 13.0. The average molecular weight is 382 g/mol. The van der Waals surface area contributed by atoms with Gasteiger partial charge in [0.2, 0.25) is 0 Å². The monoisotopic (exact) mass is 382 g/mol. The molecule has 0 aliphatic carbocycles. The van der Waals surface area contributed by atoms with Crippen molar-refractivity contribution in [3.8, 4) is 5.75 Å². The molecule has 2 aromatic rings. The Kier molecular flexibility index (Phi) is 6.13. The summed E-state index contributed by atoms with van der Waals surface area (Å²) in [6.07, 6.45) is 4.24. The van der Waals surface area contributed by atoms with Gasteiger partial charge in [0, 0.05) is 13.1 Å². The van der Waals surface area contributed by atoms with Crippen molar-refractivity contribution in [3.05, 3.63) is 54.1 Å². The van der Waals surface area contributed by atoms with Crippen molar-refractivity contribution in [1.82, 2.24) is 14.9 Å². The van der Waals surface area contributed by atoms with Gasteiger partial charge in [-0.05, 0) is 45.2 Å². The van der Waals surface area contributed by atoms with Crippen LogP contribution in [0.5, 0.6) is 5.75 Å². The molecule has 0 spiro atoms. The number of rotatable bonds is 7. The predicted octanol–water partition coefficient (Wildman–Crippen LogP) is 3.17. The first kappa shape index (κ1) is 19.7. The third-order valence-electron chi connectivity index (χ3n) is 4.44. The molecule has 2 amide bonds. The Labute approximate surface area is 164 Å². The van der Waals surface area contributed by atoms with Gasteiger partial charge in [-0.3, -0.25) is 9.59 Å². The maximum Gasteiger partial charge on any atom is 0.291 e. The van der Waals surface area contributed by atoms with Gasteiger partial charge in [0.15, 0.2) is 5.82 Å². The number of hydrogen-bond acceptors (Lipinski definition) is 4. The summed E-state index contributed by atoms with van der Waals surface area (Å²) in [7, 11) is 0. The number of ether oxygens (including phenoxy) is 1. The first-order valence-corrected chi connectivity index (χ1v) is 9.56. The molecule has 7 nitrogen and oxygen atoms in total. The van der Waals surface area contributed by atoms with Crippen LogP contribution >= 0.6 is 0 Å². The summed E-state index contributed by atoms with van der Waals surface area (Å²) >= 11 is 0. The summed E-state index contributed by atoms with van der Waals surface area (Å²) < 4.78 is 7.62. The lowest BCUT2D eigenvalue weighted by molar-refractivity contribution is 0.0952. The molecule has 0 radical (unpaired) electrons. The molecule has 148 valence electrons. The van der Waals surface area contributed by atoms with Crippen LogP contribution in [-0.2, 0) is 13.0 Å². The van der Waals surface area contributed by atoms with Gasteiger partial charge in [-0.2, -0.15) is 0 Å². The number of nitrogens with zero attached hydrogens (tertiary/aromatic N) is 2. The van der Waals surface area contributed by atoms with Crippen LogP contribution in [0.3, 0.4) is 0 Å². The highest BCUT2D eigenvalue weighted by Crippen LogP contribution is 2.27. The fraction of sp³-hybridized carbons (Fsp3) is 0.381. The lowest BCUT2D eigenvalue weighted by Gasteiger charge is -2.18. The van der Waals surface area contributed by atoms with E-state index in [-0.39, 0.29) is 23.7 Å². The Balaban J connectivity index is 1.89. The fourth-order valence-corrected chi connectivity index (χ4v) is 3.25. The summed E-state index contributed by atoms with van der Waals surface area (Å²) in [5.41, 5.74) is 1.70. The third-order valence-corrected chi connectivity index (χ3v) is 4.44. The molecular weight excluding hydrogens is 356 g/mol. The molecule has 1 aliphatic heterocycles. The minimum atomic E-state index is -0.356. The van der Waals surface area contributed by atoms with Crippen molar-refractivity contribution in [1.29, 1.82) is 0 Å². The second-order valence-electron chi connectivity index (χ2n) is 6.96. The molecule has 0 unspecified atom stereocenters. The zero-order valence-corrected chi connectivity index (χ0v) is 16.3. The zero-order chi connectivity index (χ0) is 20.1. The fourth-order valence-electron chi connectivity index (χ4n) is 3.25. The minimum Gasteiger partial charge on any atom is -0.489 e. The molecule has 2 N–H and O–H groups in total. The molecule has 0 atom stereocenters. The lowest BCUT2D eigenvalue weighted by atomic mass is 10.1. The van der Waals surface area contributed by atoms with Crippen LogP contribution in [0.4, 0.5) is 5.69 Å². The highest BCUT2D eigenvalue weighted by molar-refractivity contribution is 6.04. The first-order valence-electron chi connectivity index (χ1n) is 9.56. The summed E-state index contributed by atoms with van der Waals surface area (Å²) in [5.74, 6) is 0.205. The molecule has 7 heteroatoms. The molecule has 2 heterocycles. The summed E-state index contributed by atoms with van der Waals surface area (Å²) in [4.78, 5) is 29.8. The van der Waals surface area contributed by atoms with Crippen molar-refractivity contribution in [2.75, 3.05) is 11.9 Å². The van der Waals surface area contributed by atoms with Crippen molar-refractivity contribution >= 4 is 17.5 Å². The topological polar surface area (TPSA) is 85.2 Å². The van der Waals surface area contributed by atoms with Gasteiger partial charge in [-0.1, -0.05) is 18.2 Å². The molecule has 28 heavy (non-hydrogen) atoms. The van der Waals surface area contributed by atoms with Gasteiger partial charge in [0.1, 0.15) is 11.4 Å². The quantitative estimate of drug-likeness (QED) is 0.720. The van der Waals surface area contributed by atoms with E-state index in [1.54, 1.807) is 12.1 Å². The Morgan fingerprint density at radius 3 is 2.82 bits per heavy atom. The van der Waals surface area contributed by atoms with Crippen molar-refractivity contribution in [2.45, 2.75) is 45.8 Å². The van der Waals surface area contributed by atoms with Crippen LogP contribution in [0.15, 0.2) is 36.9 Å². The molecule has 0 bridgehead atoms. The maximum absolute atomic E-state index is 13.0. The molecule has 1 aromatic heterocycles. The Morgan fingerprint density at radius 1 is 1.29 bits per heavy atom. The van der Waals surface area contributed by atoms with E-state index in [4.69, 9.17) is 4.74 Å². The van der Waals surface area contributed by atoms with Crippen LogP contribution in [0.2, 0.25) is 0 Å². The number of amides is 2. The SMILES string of the molecule is C=CCNC(=O)c1nc(C(=O)Nc2ccccc2OC(C)C)n2c1CCCC2. The van der Waals surface area contributed by atoms with Crippen LogP contribution in [-0.4, -0.2) is 34.0 Å². The highest BCUT2D eigenvalue weighted by atomic mass is 16.5. The molecule has 0 fully saturated rings. The third kappa shape index (κ3) is 4.24. The van der Waals surface area contributed by atoms with E-state index in [2.05, 4.69) is 22.2 Å². The van der Waals surface area contributed by atoms with Gasteiger partial charge in [-0.15, -0.1) is 6.58 Å². The van der Waals surface area contributed by atoms with E-state index in [1.807, 2.05) is 36.6 Å². The number of anilines is 1. The summed E-state index contributed by atoms with van der Waals surface area (Å²) in [6, 6.07) is 7.28. The lowest BCUT2D eigenvalue weighted by Crippen LogP contribution is -2.25. The standard InChI is InChI=1S/C21H26N4O3/c1-4-12-22-20(26)18-16-10-7-8-13-25(16)19(24-18)21(27)23-15-9-5-6-11-17(15)28-14(2)3/h4-6,9,11,14H,1,7-8,10,12-13H2,2-3H3,(H,22,26)(H,23,27). The summed E-state index contributed by atoms with van der Waals surface area (Å²) in [6.45, 7) is 8.49. The van der Waals surface area contributed by atoms with E-state index in [9.17, 15) is 9.59 Å². The number of benzene rings is 1. The first-order chi connectivity index (χ1) is 13.5. The van der Waals surface area contributed by atoms with Crippen molar-refractivity contribution in [2.24, 2.45) is 0 Å². The van der Waals surface area contributed by atoms with Gasteiger partial charge < -0.3 is 19.9 Å². The number of carbonyl (C=O) groups is 2. The van der Waals surface area contributed by atoms with Crippen LogP contribution < -0.4 is 15.4 Å². The van der Waals surface area contributed by atoms with E-state index < -0.39 is 0 Å². The van der Waals surface area contributed by atoms with E-state index in [0.29, 0.717) is 30.2 Å². The Hall–Kier alpha value is -3.09. The number of hydrogen-bond donors (Lipinski definition) is 2. The second kappa shape index (κ2) is 8.73. The molecular formula is C21H26N4O3. The molecule has 1 aliphatic rings. The molecule has 3 rings (SSSR count). The smallest absolute Gasteiger partial charge is 0.291 e. The number of para-hydroxylation sites is 2. The van der Waals surface area contributed by atoms with E-state index >= 15 is 0 Å². The molecule has 1 aromatic carbocycles. The molecule has 0 saturated heterocycles. The second-order valence-corrected chi connectivity index (χ2v) is 6.96. The largest absolute Gasteiger partial charge is 0.489 e. The Morgan fingerprint density at radius 2 is 2.07 bits per heavy atom. The van der Waals surface area contributed by atoms with Gasteiger partial charge in [0.05, 0.1) is 17.5 Å². The minimum absolute atomic E-state index is 0.0163. The van der Waals surface area contributed by atoms with Crippen molar-refractivity contribution in [3.63, 3.8) is 0 Å². The Bertz CT molecular complexity index is 886. The number of aromatic nitrogens is 2. The highest BCUT2D eigenvalue weighted by Gasteiger charge is 2.27.